The predicted octanol–water partition coefficient (Wildman–Crippen LogP) is 2.45. The van der Waals surface area contributed by atoms with Crippen molar-refractivity contribution >= 4 is 6.09 Å². The Morgan fingerprint density at radius 1 is 1.12 bits per heavy atom. The van der Waals surface area contributed by atoms with Gasteiger partial charge in [-0.25, -0.2) is 4.79 Å². The molecule has 25 heavy (non-hydrogen) atoms. The van der Waals surface area contributed by atoms with E-state index in [1.165, 1.54) is 22.3 Å². The Bertz CT molecular complexity index is 700. The summed E-state index contributed by atoms with van der Waals surface area (Å²) in [6.07, 6.45) is -0.497. The third-order valence-electron chi connectivity index (χ3n) is 4.47. The van der Waals surface area contributed by atoms with Crippen LogP contribution in [0.1, 0.15) is 17.0 Å². The van der Waals surface area contributed by atoms with Crippen LogP contribution < -0.4 is 5.32 Å². The first-order valence-corrected chi connectivity index (χ1v) is 8.47. The largest absolute Gasteiger partial charge is 0.449 e. The summed E-state index contributed by atoms with van der Waals surface area (Å²) in [5.41, 5.74) is 4.77. The number of rotatable bonds is 6. The number of likely N-dealkylation sites (N-methyl/N-ethyl adjacent to an activating group) is 1. The van der Waals surface area contributed by atoms with Crippen molar-refractivity contribution in [2.45, 2.75) is 12.0 Å². The second-order valence-corrected chi connectivity index (χ2v) is 6.61. The van der Waals surface area contributed by atoms with Crippen LogP contribution in [0.4, 0.5) is 4.79 Å². The maximum Gasteiger partial charge on any atom is 0.407 e. The van der Waals surface area contributed by atoms with Crippen molar-refractivity contribution in [1.82, 2.24) is 10.2 Å². The van der Waals surface area contributed by atoms with Gasteiger partial charge in [0, 0.05) is 12.5 Å². The fourth-order valence-electron chi connectivity index (χ4n) is 3.40. The third kappa shape index (κ3) is 3.83. The lowest BCUT2D eigenvalue weighted by Crippen LogP contribution is -2.44. The number of hydrogen-bond donors (Lipinski definition) is 2. The highest BCUT2D eigenvalue weighted by Crippen LogP contribution is 2.44. The van der Waals surface area contributed by atoms with E-state index in [9.17, 15) is 9.90 Å². The number of ether oxygens (including phenoxy) is 1. The highest BCUT2D eigenvalue weighted by Gasteiger charge is 2.29. The molecule has 0 saturated carbocycles. The molecule has 1 aliphatic rings. The van der Waals surface area contributed by atoms with E-state index in [-0.39, 0.29) is 25.2 Å². The van der Waals surface area contributed by atoms with Crippen LogP contribution in [0.5, 0.6) is 0 Å². The van der Waals surface area contributed by atoms with E-state index in [0.717, 1.165) is 0 Å². The van der Waals surface area contributed by atoms with Gasteiger partial charge < -0.3 is 20.1 Å². The summed E-state index contributed by atoms with van der Waals surface area (Å²) in [6.45, 7) is 0.711. The van der Waals surface area contributed by atoms with Gasteiger partial charge >= 0.3 is 6.09 Å². The van der Waals surface area contributed by atoms with Gasteiger partial charge in [0.2, 0.25) is 0 Å². The molecule has 3 rings (SSSR count). The molecule has 0 unspecified atom stereocenters. The Labute approximate surface area is 148 Å². The summed E-state index contributed by atoms with van der Waals surface area (Å²) in [5.74, 6) is 0.0413. The third-order valence-corrected chi connectivity index (χ3v) is 4.47. The summed E-state index contributed by atoms with van der Waals surface area (Å²) in [7, 11) is 3.78. The fourth-order valence-corrected chi connectivity index (χ4v) is 3.40. The van der Waals surface area contributed by atoms with E-state index in [0.29, 0.717) is 6.54 Å². The zero-order valence-corrected chi connectivity index (χ0v) is 14.6. The van der Waals surface area contributed by atoms with Crippen molar-refractivity contribution < 1.29 is 14.6 Å². The second kappa shape index (κ2) is 7.68. The standard InChI is InChI=1S/C20H24N2O3/c1-22(2)11-14(12-23)21-20(24)25-13-19-17-9-5-3-7-15(17)16-8-4-6-10-18(16)19/h3-10,14,19,23H,11-13H2,1-2H3,(H,21,24)/t14-/m1/s1. The van der Waals surface area contributed by atoms with E-state index in [4.69, 9.17) is 4.74 Å². The average molecular weight is 340 g/mol. The first-order chi connectivity index (χ1) is 12.1. The molecule has 0 bridgehead atoms. The summed E-state index contributed by atoms with van der Waals surface area (Å²) in [5, 5.41) is 12.1. The minimum atomic E-state index is -0.497. The Hall–Kier alpha value is -2.37. The molecule has 2 aromatic carbocycles. The van der Waals surface area contributed by atoms with Gasteiger partial charge in [-0.05, 0) is 36.3 Å². The molecule has 0 radical (unpaired) electrons. The monoisotopic (exact) mass is 340 g/mol. The van der Waals surface area contributed by atoms with Crippen molar-refractivity contribution in [2.75, 3.05) is 33.9 Å². The minimum absolute atomic E-state index is 0.0413. The van der Waals surface area contributed by atoms with Gasteiger partial charge in [-0.1, -0.05) is 48.5 Å². The Balaban J connectivity index is 1.68. The maximum absolute atomic E-state index is 12.1. The molecule has 0 heterocycles. The van der Waals surface area contributed by atoms with Gasteiger partial charge in [0.25, 0.3) is 0 Å². The quantitative estimate of drug-likeness (QED) is 0.848. The van der Waals surface area contributed by atoms with Crippen LogP contribution in [0.15, 0.2) is 48.5 Å². The van der Waals surface area contributed by atoms with Crippen molar-refractivity contribution in [3.05, 3.63) is 59.7 Å². The number of hydrogen-bond acceptors (Lipinski definition) is 4. The smallest absolute Gasteiger partial charge is 0.407 e. The van der Waals surface area contributed by atoms with E-state index in [2.05, 4.69) is 29.6 Å². The number of fused-ring (bicyclic) bond motifs is 3. The Morgan fingerprint density at radius 2 is 1.68 bits per heavy atom. The highest BCUT2D eigenvalue weighted by molar-refractivity contribution is 5.79. The van der Waals surface area contributed by atoms with E-state index in [1.807, 2.05) is 43.3 Å². The lowest BCUT2D eigenvalue weighted by atomic mass is 9.98. The lowest BCUT2D eigenvalue weighted by Gasteiger charge is -2.21. The van der Waals surface area contributed by atoms with Gasteiger partial charge in [-0.2, -0.15) is 0 Å². The summed E-state index contributed by atoms with van der Waals surface area (Å²) in [6, 6.07) is 16.1. The van der Waals surface area contributed by atoms with Crippen LogP contribution in [0.2, 0.25) is 0 Å². The van der Waals surface area contributed by atoms with E-state index in [1.54, 1.807) is 0 Å². The molecule has 1 amide bonds. The molecule has 1 aliphatic carbocycles. The van der Waals surface area contributed by atoms with E-state index < -0.39 is 6.09 Å². The van der Waals surface area contributed by atoms with Crippen LogP contribution in [0, 0.1) is 0 Å². The number of nitrogens with zero attached hydrogens (tertiary/aromatic N) is 1. The second-order valence-electron chi connectivity index (χ2n) is 6.61. The SMILES string of the molecule is CN(C)C[C@H](CO)NC(=O)OCC1c2ccccc2-c2ccccc21. The minimum Gasteiger partial charge on any atom is -0.449 e. The van der Waals surface area contributed by atoms with Crippen LogP contribution in [-0.2, 0) is 4.74 Å². The van der Waals surface area contributed by atoms with Crippen molar-refractivity contribution in [2.24, 2.45) is 0 Å². The first kappa shape index (κ1) is 17.5. The number of amides is 1. The number of nitrogens with one attached hydrogen (secondary N) is 1. The van der Waals surface area contributed by atoms with Gasteiger partial charge in [0.05, 0.1) is 12.6 Å². The topological polar surface area (TPSA) is 61.8 Å². The van der Waals surface area contributed by atoms with Crippen molar-refractivity contribution in [3.63, 3.8) is 0 Å². The van der Waals surface area contributed by atoms with Gasteiger partial charge in [-0.3, -0.25) is 0 Å². The zero-order chi connectivity index (χ0) is 17.8. The lowest BCUT2D eigenvalue weighted by molar-refractivity contribution is 0.128. The molecule has 0 aliphatic heterocycles. The van der Waals surface area contributed by atoms with Crippen LogP contribution in [0.25, 0.3) is 11.1 Å². The molecule has 0 saturated heterocycles. The highest BCUT2D eigenvalue weighted by atomic mass is 16.5. The zero-order valence-electron chi connectivity index (χ0n) is 14.6. The number of carbonyl (C=O) groups is 1. The molecule has 0 spiro atoms. The maximum atomic E-state index is 12.1. The Kier molecular flexibility index (Phi) is 5.36. The predicted molar refractivity (Wildman–Crippen MR) is 97.6 cm³/mol. The van der Waals surface area contributed by atoms with Crippen LogP contribution >= 0.6 is 0 Å². The van der Waals surface area contributed by atoms with Gasteiger partial charge in [-0.15, -0.1) is 0 Å². The molecule has 1 atom stereocenters. The van der Waals surface area contributed by atoms with Gasteiger partial charge in [0.15, 0.2) is 0 Å². The van der Waals surface area contributed by atoms with Crippen molar-refractivity contribution in [3.8, 4) is 11.1 Å². The molecule has 0 aromatic heterocycles. The average Bonchev–Trinajstić information content (AvgIpc) is 2.93. The summed E-state index contributed by atoms with van der Waals surface area (Å²) < 4.78 is 5.47. The molecule has 0 fully saturated rings. The molecule has 5 nitrogen and oxygen atoms in total. The number of benzene rings is 2. The molecule has 2 aromatic rings. The number of aliphatic hydroxyl groups is 1. The molecule has 2 N–H and O–H groups in total. The number of carbonyl (C=O) groups excluding carboxylic acids is 1. The first-order valence-electron chi connectivity index (χ1n) is 8.47. The van der Waals surface area contributed by atoms with Crippen LogP contribution in [0.3, 0.4) is 0 Å². The normalized spacial score (nSPS) is 14.1. The van der Waals surface area contributed by atoms with Crippen LogP contribution in [-0.4, -0.2) is 56.0 Å². The summed E-state index contributed by atoms with van der Waals surface area (Å²) >= 11 is 0. The summed E-state index contributed by atoms with van der Waals surface area (Å²) in [4.78, 5) is 14.0. The number of alkyl carbamates (subject to hydrolysis) is 1. The van der Waals surface area contributed by atoms with Crippen molar-refractivity contribution in [1.29, 1.82) is 0 Å². The van der Waals surface area contributed by atoms with E-state index >= 15 is 0 Å². The molecular formula is C20H24N2O3. The fraction of sp³-hybridized carbons (Fsp3) is 0.350. The molecule has 5 heteroatoms. The van der Waals surface area contributed by atoms with Gasteiger partial charge in [0.1, 0.15) is 6.61 Å². The molecular weight excluding hydrogens is 316 g/mol. The Morgan fingerprint density at radius 3 is 2.20 bits per heavy atom. The number of aliphatic hydroxyl groups excluding tert-OH is 1. The molecule has 132 valence electrons.